The highest BCUT2D eigenvalue weighted by Crippen LogP contribution is 2.27. The number of halogens is 1. The van der Waals surface area contributed by atoms with Crippen LogP contribution >= 0.6 is 27.3 Å². The van der Waals surface area contributed by atoms with Gasteiger partial charge in [-0.2, -0.15) is 0 Å². The van der Waals surface area contributed by atoms with E-state index in [4.69, 9.17) is 0 Å². The molecule has 2 N–H and O–H groups in total. The summed E-state index contributed by atoms with van der Waals surface area (Å²) in [5, 5.41) is 6.14. The van der Waals surface area contributed by atoms with E-state index in [1.54, 1.807) is 17.5 Å². The molecule has 0 aliphatic carbocycles. The number of thiazole rings is 1. The Kier molecular flexibility index (Phi) is 5.09. The van der Waals surface area contributed by atoms with E-state index in [-0.39, 0.29) is 6.03 Å². The molecule has 2 heterocycles. The molecular formula is C16H17BrN4OS. The van der Waals surface area contributed by atoms with Crippen molar-refractivity contribution in [2.75, 3.05) is 18.9 Å². The molecule has 2 aromatic rings. The van der Waals surface area contributed by atoms with Crippen molar-refractivity contribution in [2.24, 2.45) is 0 Å². The zero-order valence-electron chi connectivity index (χ0n) is 12.7. The largest absolute Gasteiger partial charge is 0.325 e. The van der Waals surface area contributed by atoms with Gasteiger partial charge >= 0.3 is 6.03 Å². The van der Waals surface area contributed by atoms with Gasteiger partial charge in [0.1, 0.15) is 0 Å². The van der Waals surface area contributed by atoms with Crippen LogP contribution in [0.5, 0.6) is 0 Å². The second kappa shape index (κ2) is 7.25. The number of hydrogen-bond acceptors (Lipinski definition) is 4. The van der Waals surface area contributed by atoms with Crippen molar-refractivity contribution in [1.29, 1.82) is 0 Å². The Hall–Kier alpha value is -1.70. The van der Waals surface area contributed by atoms with E-state index < -0.39 is 0 Å². The number of benzene rings is 1. The summed E-state index contributed by atoms with van der Waals surface area (Å²) in [4.78, 5) is 19.9. The molecule has 1 aliphatic rings. The fraction of sp³-hybridized carbons (Fsp3) is 0.250. The van der Waals surface area contributed by atoms with Gasteiger partial charge in [-0.1, -0.05) is 28.1 Å². The fourth-order valence-electron chi connectivity index (χ4n) is 2.33. The summed E-state index contributed by atoms with van der Waals surface area (Å²) >= 11 is 4.96. The van der Waals surface area contributed by atoms with Crippen LogP contribution in [0, 0.1) is 0 Å². The molecule has 1 aliphatic heterocycles. The van der Waals surface area contributed by atoms with Crippen LogP contribution in [0.4, 0.5) is 9.93 Å². The summed E-state index contributed by atoms with van der Waals surface area (Å²) in [6.45, 7) is 1.91. The Labute approximate surface area is 147 Å². The van der Waals surface area contributed by atoms with E-state index in [0.717, 1.165) is 35.2 Å². The van der Waals surface area contributed by atoms with Gasteiger partial charge in [0.25, 0.3) is 0 Å². The van der Waals surface area contributed by atoms with Crippen molar-refractivity contribution in [1.82, 2.24) is 15.2 Å². The van der Waals surface area contributed by atoms with Gasteiger partial charge < -0.3 is 10.2 Å². The fourth-order valence-corrected chi connectivity index (χ4v) is 3.83. The van der Waals surface area contributed by atoms with Crippen LogP contribution in [-0.4, -0.2) is 29.5 Å². The van der Waals surface area contributed by atoms with Crippen molar-refractivity contribution in [3.63, 3.8) is 0 Å². The van der Waals surface area contributed by atoms with Crippen molar-refractivity contribution in [3.05, 3.63) is 51.1 Å². The molecule has 0 radical (unpaired) electrons. The molecule has 0 saturated carbocycles. The Morgan fingerprint density at radius 3 is 3.17 bits per heavy atom. The third-order valence-corrected chi connectivity index (χ3v) is 4.97. The number of likely N-dealkylation sites (N-methyl/N-ethyl adjacent to an activating group) is 1. The average molecular weight is 393 g/mol. The van der Waals surface area contributed by atoms with Gasteiger partial charge in [-0.25, -0.2) is 9.78 Å². The van der Waals surface area contributed by atoms with Gasteiger partial charge in [0.2, 0.25) is 0 Å². The topological polar surface area (TPSA) is 57.3 Å². The number of hydrogen-bond donors (Lipinski definition) is 2. The molecule has 3 rings (SSSR count). The summed E-state index contributed by atoms with van der Waals surface area (Å²) in [7, 11) is 2.09. The lowest BCUT2D eigenvalue weighted by atomic mass is 10.2. The summed E-state index contributed by atoms with van der Waals surface area (Å²) in [6.07, 6.45) is 4.40. The highest BCUT2D eigenvalue weighted by atomic mass is 79.9. The maximum Gasteiger partial charge on any atom is 0.325 e. The van der Waals surface area contributed by atoms with Gasteiger partial charge in [-0.05, 0) is 30.8 Å². The summed E-state index contributed by atoms with van der Waals surface area (Å²) in [5.41, 5.74) is 2.11. The number of carbonyl (C=O) groups excluding carboxylic acids is 1. The van der Waals surface area contributed by atoms with E-state index in [1.807, 2.05) is 30.3 Å². The minimum absolute atomic E-state index is 0.282. The molecule has 1 aromatic carbocycles. The van der Waals surface area contributed by atoms with Crippen LogP contribution in [0.1, 0.15) is 16.1 Å². The first-order chi connectivity index (χ1) is 11.1. The van der Waals surface area contributed by atoms with Crippen LogP contribution < -0.4 is 10.6 Å². The van der Waals surface area contributed by atoms with Crippen molar-refractivity contribution in [3.8, 4) is 0 Å². The standard InChI is InChI=1S/C16H17BrN4OS/c1-21-8-6-13-14(10-21)23-16(19-13)20-15(22)18-7-5-11-3-2-4-12(17)9-11/h2-5,7,9H,6,8,10H2,1H3,(H2,18,19,20,22)/b7-5+. The zero-order valence-corrected chi connectivity index (χ0v) is 15.1. The number of nitrogens with one attached hydrogen (secondary N) is 2. The first-order valence-electron chi connectivity index (χ1n) is 7.27. The molecule has 0 unspecified atom stereocenters. The number of aromatic nitrogens is 1. The zero-order chi connectivity index (χ0) is 16.2. The van der Waals surface area contributed by atoms with Crippen LogP contribution in [0.2, 0.25) is 0 Å². The lowest BCUT2D eigenvalue weighted by Crippen LogP contribution is -2.25. The predicted octanol–water partition coefficient (Wildman–Crippen LogP) is 3.69. The van der Waals surface area contributed by atoms with Crippen LogP contribution in [-0.2, 0) is 13.0 Å². The van der Waals surface area contributed by atoms with Gasteiger partial charge in [-0.3, -0.25) is 5.32 Å². The Balaban J connectivity index is 1.55. The Morgan fingerprint density at radius 1 is 1.48 bits per heavy atom. The van der Waals surface area contributed by atoms with Crippen LogP contribution in [0.3, 0.4) is 0 Å². The number of anilines is 1. The lowest BCUT2D eigenvalue weighted by molar-refractivity contribution is 0.255. The van der Waals surface area contributed by atoms with Gasteiger partial charge in [0.15, 0.2) is 5.13 Å². The Morgan fingerprint density at radius 2 is 2.35 bits per heavy atom. The molecule has 0 atom stereocenters. The van der Waals surface area contributed by atoms with Crippen LogP contribution in [0.25, 0.3) is 6.08 Å². The third kappa shape index (κ3) is 4.40. The second-order valence-electron chi connectivity index (χ2n) is 5.36. The third-order valence-electron chi connectivity index (χ3n) is 3.48. The molecule has 0 fully saturated rings. The lowest BCUT2D eigenvalue weighted by Gasteiger charge is -2.20. The smallest absolute Gasteiger partial charge is 0.314 e. The quantitative estimate of drug-likeness (QED) is 0.837. The molecule has 0 bridgehead atoms. The maximum atomic E-state index is 11.9. The molecule has 0 saturated heterocycles. The monoisotopic (exact) mass is 392 g/mol. The molecule has 1 aromatic heterocycles. The molecule has 120 valence electrons. The van der Waals surface area contributed by atoms with E-state index in [1.165, 1.54) is 4.88 Å². The van der Waals surface area contributed by atoms with Gasteiger partial charge in [-0.15, -0.1) is 11.3 Å². The SMILES string of the molecule is CN1CCc2nc(NC(=O)N/C=C/c3cccc(Br)c3)sc2C1. The minimum atomic E-state index is -0.282. The highest BCUT2D eigenvalue weighted by molar-refractivity contribution is 9.10. The van der Waals surface area contributed by atoms with Gasteiger partial charge in [0, 0.05) is 35.1 Å². The summed E-state index contributed by atoms with van der Waals surface area (Å²) < 4.78 is 1.00. The normalized spacial score (nSPS) is 14.7. The van der Waals surface area contributed by atoms with E-state index in [9.17, 15) is 4.79 Å². The number of nitrogens with zero attached hydrogens (tertiary/aromatic N) is 2. The summed E-state index contributed by atoms with van der Waals surface area (Å²) in [5.74, 6) is 0. The van der Waals surface area contributed by atoms with Crippen molar-refractivity contribution in [2.45, 2.75) is 13.0 Å². The minimum Gasteiger partial charge on any atom is -0.314 e. The molecule has 2 amide bonds. The number of amides is 2. The summed E-state index contributed by atoms with van der Waals surface area (Å²) in [6, 6.07) is 7.56. The second-order valence-corrected chi connectivity index (χ2v) is 7.36. The number of rotatable bonds is 3. The van der Waals surface area contributed by atoms with E-state index in [0.29, 0.717) is 5.13 Å². The first kappa shape index (κ1) is 16.2. The number of urea groups is 1. The van der Waals surface area contributed by atoms with Gasteiger partial charge in [0.05, 0.1) is 5.69 Å². The predicted molar refractivity (Wildman–Crippen MR) is 97.5 cm³/mol. The molecule has 0 spiro atoms. The molecule has 7 heteroatoms. The molecule has 5 nitrogen and oxygen atoms in total. The van der Waals surface area contributed by atoms with E-state index >= 15 is 0 Å². The molecule has 23 heavy (non-hydrogen) atoms. The van der Waals surface area contributed by atoms with Crippen molar-refractivity contribution >= 4 is 44.5 Å². The van der Waals surface area contributed by atoms with Crippen LogP contribution in [0.15, 0.2) is 34.9 Å². The number of fused-ring (bicyclic) bond motifs is 1. The molecular weight excluding hydrogens is 376 g/mol. The van der Waals surface area contributed by atoms with E-state index in [2.05, 4.69) is 43.5 Å². The van der Waals surface area contributed by atoms with Crippen molar-refractivity contribution < 1.29 is 4.79 Å². The first-order valence-corrected chi connectivity index (χ1v) is 8.88. The Bertz CT molecular complexity index is 743. The average Bonchev–Trinajstić information content (AvgIpc) is 2.88. The number of carbonyl (C=O) groups is 1. The highest BCUT2D eigenvalue weighted by Gasteiger charge is 2.18. The maximum absolute atomic E-state index is 11.9.